The quantitative estimate of drug-likeness (QED) is 0.471. The van der Waals surface area contributed by atoms with Crippen LogP contribution in [0.2, 0.25) is 0 Å². The first-order valence-corrected chi connectivity index (χ1v) is 3.15. The zero-order valence-electron chi connectivity index (χ0n) is 6.46. The third-order valence-corrected chi connectivity index (χ3v) is 1.28. The molecule has 0 spiro atoms. The normalized spacial score (nSPS) is 8.70. The SMILES string of the molecule is Cc1[c-]c(C)cc(C)c1.[Ag+]. The molecule has 1 aromatic rings. The van der Waals surface area contributed by atoms with E-state index in [0.29, 0.717) is 0 Å². The summed E-state index contributed by atoms with van der Waals surface area (Å²) >= 11 is 0. The van der Waals surface area contributed by atoms with E-state index in [-0.39, 0.29) is 22.4 Å². The van der Waals surface area contributed by atoms with Gasteiger partial charge in [0.05, 0.1) is 0 Å². The van der Waals surface area contributed by atoms with E-state index in [1.165, 1.54) is 16.7 Å². The molecule has 0 atom stereocenters. The minimum absolute atomic E-state index is 0. The van der Waals surface area contributed by atoms with Crippen LogP contribution < -0.4 is 0 Å². The topological polar surface area (TPSA) is 0 Å². The average Bonchev–Trinajstić information content (AvgIpc) is 1.59. The van der Waals surface area contributed by atoms with Gasteiger partial charge in [0.15, 0.2) is 0 Å². The van der Waals surface area contributed by atoms with E-state index in [1.54, 1.807) is 0 Å². The summed E-state index contributed by atoms with van der Waals surface area (Å²) in [6, 6.07) is 7.47. The molecule has 0 saturated carbocycles. The minimum Gasteiger partial charge on any atom is -0.177 e. The zero-order valence-corrected chi connectivity index (χ0v) is 7.94. The molecule has 0 aliphatic rings. The van der Waals surface area contributed by atoms with E-state index in [9.17, 15) is 0 Å². The van der Waals surface area contributed by atoms with Crippen molar-refractivity contribution in [2.45, 2.75) is 20.8 Å². The van der Waals surface area contributed by atoms with Crippen molar-refractivity contribution < 1.29 is 22.4 Å². The molecule has 1 aromatic carbocycles. The molecule has 0 saturated heterocycles. The molecule has 0 radical (unpaired) electrons. The van der Waals surface area contributed by atoms with Gasteiger partial charge in [-0.3, -0.25) is 0 Å². The Kier molecular flexibility index (Phi) is 3.95. The first kappa shape index (κ1) is 9.96. The molecule has 0 amide bonds. The standard InChI is InChI=1S/C9H11.Ag/c1-7-4-8(2)6-9(3)5-7;/h4-5H,1-3H3;/q-1;+1. The van der Waals surface area contributed by atoms with E-state index in [2.05, 4.69) is 39.0 Å². The molecule has 0 aliphatic heterocycles. The van der Waals surface area contributed by atoms with Crippen molar-refractivity contribution in [1.82, 2.24) is 0 Å². The summed E-state index contributed by atoms with van der Waals surface area (Å²) in [6.45, 7) is 6.24. The van der Waals surface area contributed by atoms with E-state index >= 15 is 0 Å². The average molecular weight is 227 g/mol. The molecule has 0 heterocycles. The summed E-state index contributed by atoms with van der Waals surface area (Å²) in [4.78, 5) is 0. The van der Waals surface area contributed by atoms with Crippen LogP contribution in [0.25, 0.3) is 0 Å². The van der Waals surface area contributed by atoms with Gasteiger partial charge >= 0.3 is 22.4 Å². The van der Waals surface area contributed by atoms with Crippen molar-refractivity contribution in [2.75, 3.05) is 0 Å². The predicted octanol–water partition coefficient (Wildman–Crippen LogP) is 2.41. The Labute approximate surface area is 78.2 Å². The van der Waals surface area contributed by atoms with Gasteiger partial charge in [0.2, 0.25) is 0 Å². The monoisotopic (exact) mass is 226 g/mol. The molecule has 1 rings (SSSR count). The fourth-order valence-electron chi connectivity index (χ4n) is 1.11. The van der Waals surface area contributed by atoms with Crippen molar-refractivity contribution >= 4 is 0 Å². The second-order valence-electron chi connectivity index (χ2n) is 2.52. The summed E-state index contributed by atoms with van der Waals surface area (Å²) in [5, 5.41) is 0. The van der Waals surface area contributed by atoms with E-state index in [1.807, 2.05) is 0 Å². The molecule has 0 unspecified atom stereocenters. The largest absolute Gasteiger partial charge is 1.00 e. The molecule has 1 heteroatoms. The van der Waals surface area contributed by atoms with Crippen LogP contribution in [0.15, 0.2) is 12.1 Å². The van der Waals surface area contributed by atoms with Crippen molar-refractivity contribution in [3.8, 4) is 0 Å². The Bertz CT molecular complexity index is 165. The summed E-state index contributed by atoms with van der Waals surface area (Å²) in [6.07, 6.45) is 0. The Morgan fingerprint density at radius 3 is 1.70 bits per heavy atom. The van der Waals surface area contributed by atoms with Gasteiger partial charge in [0, 0.05) is 0 Å². The Hall–Kier alpha value is -0.0397. The van der Waals surface area contributed by atoms with Gasteiger partial charge in [-0.2, -0.15) is 34.9 Å². The van der Waals surface area contributed by atoms with E-state index in [4.69, 9.17) is 0 Å². The molecule has 0 fully saturated rings. The van der Waals surface area contributed by atoms with Crippen LogP contribution in [0.1, 0.15) is 16.7 Å². The van der Waals surface area contributed by atoms with Crippen LogP contribution in [0.4, 0.5) is 0 Å². The van der Waals surface area contributed by atoms with Gasteiger partial charge in [-0.05, 0) is 0 Å². The molecule has 0 N–H and O–H groups in total. The van der Waals surface area contributed by atoms with Crippen molar-refractivity contribution in [3.05, 3.63) is 34.9 Å². The number of aryl methyl sites for hydroxylation is 3. The van der Waals surface area contributed by atoms with E-state index in [0.717, 1.165) is 0 Å². The van der Waals surface area contributed by atoms with Crippen molar-refractivity contribution in [2.24, 2.45) is 0 Å². The van der Waals surface area contributed by atoms with Crippen LogP contribution in [0.3, 0.4) is 0 Å². The van der Waals surface area contributed by atoms with Crippen LogP contribution >= 0.6 is 0 Å². The maximum Gasteiger partial charge on any atom is 1.00 e. The van der Waals surface area contributed by atoms with Crippen LogP contribution in [0.5, 0.6) is 0 Å². The summed E-state index contributed by atoms with van der Waals surface area (Å²) in [5.74, 6) is 0. The third kappa shape index (κ3) is 2.70. The Balaban J connectivity index is 0.000000810. The summed E-state index contributed by atoms with van der Waals surface area (Å²) < 4.78 is 0. The molecule has 0 aliphatic carbocycles. The molecule has 58 valence electrons. The molecular weight excluding hydrogens is 216 g/mol. The maximum absolute atomic E-state index is 3.21. The molecular formula is C9H11Ag. The van der Waals surface area contributed by atoms with Crippen LogP contribution in [-0.2, 0) is 22.4 Å². The van der Waals surface area contributed by atoms with Gasteiger partial charge in [-0.25, -0.2) is 0 Å². The minimum atomic E-state index is 0. The van der Waals surface area contributed by atoms with Gasteiger partial charge in [0.25, 0.3) is 0 Å². The summed E-state index contributed by atoms with van der Waals surface area (Å²) in [5.41, 5.74) is 3.78. The molecule has 0 nitrogen and oxygen atoms in total. The van der Waals surface area contributed by atoms with Gasteiger partial charge < -0.3 is 0 Å². The fraction of sp³-hybridized carbons (Fsp3) is 0.333. The van der Waals surface area contributed by atoms with Crippen LogP contribution in [-0.4, -0.2) is 0 Å². The number of hydrogen-bond acceptors (Lipinski definition) is 0. The second kappa shape index (κ2) is 3.97. The van der Waals surface area contributed by atoms with Crippen molar-refractivity contribution in [1.29, 1.82) is 0 Å². The smallest absolute Gasteiger partial charge is 0.177 e. The van der Waals surface area contributed by atoms with Gasteiger partial charge in [0.1, 0.15) is 0 Å². The van der Waals surface area contributed by atoms with Gasteiger partial charge in [-0.1, -0.05) is 20.8 Å². The Morgan fingerprint density at radius 2 is 1.40 bits per heavy atom. The second-order valence-corrected chi connectivity index (χ2v) is 2.52. The number of hydrogen-bond donors (Lipinski definition) is 0. The van der Waals surface area contributed by atoms with E-state index < -0.39 is 0 Å². The van der Waals surface area contributed by atoms with Gasteiger partial charge in [-0.15, -0.1) is 0 Å². The summed E-state index contributed by atoms with van der Waals surface area (Å²) in [7, 11) is 0. The fourth-order valence-corrected chi connectivity index (χ4v) is 1.11. The number of rotatable bonds is 0. The molecule has 10 heavy (non-hydrogen) atoms. The molecule has 0 aromatic heterocycles. The predicted molar refractivity (Wildman–Crippen MR) is 39.5 cm³/mol. The zero-order chi connectivity index (χ0) is 6.85. The first-order valence-electron chi connectivity index (χ1n) is 3.15. The molecule has 0 bridgehead atoms. The first-order chi connectivity index (χ1) is 4.18. The van der Waals surface area contributed by atoms with Crippen LogP contribution in [0, 0.1) is 26.8 Å². The third-order valence-electron chi connectivity index (χ3n) is 1.28. The maximum atomic E-state index is 3.21. The Morgan fingerprint density at radius 1 is 1.00 bits per heavy atom. The number of benzene rings is 1. The van der Waals surface area contributed by atoms with Crippen molar-refractivity contribution in [3.63, 3.8) is 0 Å².